The van der Waals surface area contributed by atoms with Gasteiger partial charge < -0.3 is 10.3 Å². The van der Waals surface area contributed by atoms with Crippen LogP contribution in [-0.2, 0) is 4.79 Å². The Hall–Kier alpha value is -2.78. The zero-order chi connectivity index (χ0) is 16.9. The number of carbonyl (C=O) groups excluding carboxylic acids is 1. The maximum atomic E-state index is 12.0. The van der Waals surface area contributed by atoms with Crippen LogP contribution >= 0.6 is 11.8 Å². The number of H-pyrrole nitrogens is 1. The number of carbonyl (C=O) groups is 1. The number of hydrogen-bond donors (Lipinski definition) is 2. The lowest BCUT2D eigenvalue weighted by molar-refractivity contribution is -0.115. The Labute approximate surface area is 144 Å². The van der Waals surface area contributed by atoms with Gasteiger partial charge in [-0.1, -0.05) is 30.0 Å². The van der Waals surface area contributed by atoms with Gasteiger partial charge in [0.1, 0.15) is 6.07 Å². The SMILES string of the molecule is Cc1ccc2nc(SCCC(=O)Nc3ccccc3C#N)[nH]c2c1. The molecule has 1 amide bonds. The summed E-state index contributed by atoms with van der Waals surface area (Å²) in [6, 6.07) is 15.1. The third-order valence-corrected chi connectivity index (χ3v) is 4.38. The molecular formula is C18H16N4OS. The normalized spacial score (nSPS) is 10.5. The van der Waals surface area contributed by atoms with Gasteiger partial charge in [0.25, 0.3) is 0 Å². The standard InChI is InChI=1S/C18H16N4OS/c1-12-6-7-15-16(10-12)22-18(21-15)24-9-8-17(23)20-14-5-3-2-4-13(14)11-19/h2-7,10H,8-9H2,1H3,(H,20,23)(H,21,22). The van der Waals surface area contributed by atoms with Crippen molar-refractivity contribution in [2.75, 3.05) is 11.1 Å². The van der Waals surface area contributed by atoms with E-state index >= 15 is 0 Å². The van der Waals surface area contributed by atoms with Gasteiger partial charge in [-0.25, -0.2) is 4.98 Å². The van der Waals surface area contributed by atoms with Crippen molar-refractivity contribution in [3.8, 4) is 6.07 Å². The molecule has 0 saturated carbocycles. The van der Waals surface area contributed by atoms with E-state index in [1.54, 1.807) is 24.3 Å². The predicted octanol–water partition coefficient (Wildman–Crippen LogP) is 3.86. The van der Waals surface area contributed by atoms with Gasteiger partial charge in [0.15, 0.2) is 5.16 Å². The van der Waals surface area contributed by atoms with Crippen molar-refractivity contribution in [2.24, 2.45) is 0 Å². The van der Waals surface area contributed by atoms with E-state index in [2.05, 4.69) is 27.4 Å². The van der Waals surface area contributed by atoms with E-state index in [4.69, 9.17) is 5.26 Å². The lowest BCUT2D eigenvalue weighted by Crippen LogP contribution is -2.13. The van der Waals surface area contributed by atoms with Gasteiger partial charge in [0.05, 0.1) is 22.3 Å². The number of fused-ring (bicyclic) bond motifs is 1. The van der Waals surface area contributed by atoms with Crippen LogP contribution in [0.3, 0.4) is 0 Å². The van der Waals surface area contributed by atoms with Crippen LogP contribution in [0.5, 0.6) is 0 Å². The van der Waals surface area contributed by atoms with Gasteiger partial charge in [-0.2, -0.15) is 5.26 Å². The number of hydrogen-bond acceptors (Lipinski definition) is 4. The number of nitrogens with one attached hydrogen (secondary N) is 2. The van der Waals surface area contributed by atoms with E-state index in [1.165, 1.54) is 17.3 Å². The molecule has 0 aliphatic heterocycles. The molecule has 1 aromatic heterocycles. The second-order valence-electron chi connectivity index (χ2n) is 5.37. The van der Waals surface area contributed by atoms with E-state index in [0.29, 0.717) is 23.4 Å². The summed E-state index contributed by atoms with van der Waals surface area (Å²) in [6.07, 6.45) is 0.348. The van der Waals surface area contributed by atoms with Crippen LogP contribution in [0.25, 0.3) is 11.0 Å². The van der Waals surface area contributed by atoms with Crippen molar-refractivity contribution in [1.29, 1.82) is 5.26 Å². The first-order chi connectivity index (χ1) is 11.7. The summed E-state index contributed by atoms with van der Waals surface area (Å²) in [7, 11) is 0. The molecular weight excluding hydrogens is 320 g/mol. The van der Waals surface area contributed by atoms with Crippen LogP contribution in [0.1, 0.15) is 17.5 Å². The number of nitriles is 1. The molecule has 0 unspecified atom stereocenters. The predicted molar refractivity (Wildman–Crippen MR) is 96.0 cm³/mol. The molecule has 0 fully saturated rings. The number of anilines is 1. The zero-order valence-corrected chi connectivity index (χ0v) is 14.0. The number of aromatic nitrogens is 2. The zero-order valence-electron chi connectivity index (χ0n) is 13.2. The van der Waals surface area contributed by atoms with Crippen LogP contribution in [0.2, 0.25) is 0 Å². The summed E-state index contributed by atoms with van der Waals surface area (Å²) >= 11 is 1.51. The molecule has 0 aliphatic carbocycles. The van der Waals surface area contributed by atoms with Crippen molar-refractivity contribution >= 4 is 34.4 Å². The van der Waals surface area contributed by atoms with Crippen molar-refractivity contribution < 1.29 is 4.79 Å². The fourth-order valence-corrected chi connectivity index (χ4v) is 3.14. The Balaban J connectivity index is 1.55. The highest BCUT2D eigenvalue weighted by atomic mass is 32.2. The van der Waals surface area contributed by atoms with Crippen LogP contribution in [0.4, 0.5) is 5.69 Å². The highest BCUT2D eigenvalue weighted by molar-refractivity contribution is 7.99. The smallest absolute Gasteiger partial charge is 0.225 e. The maximum Gasteiger partial charge on any atom is 0.225 e. The van der Waals surface area contributed by atoms with Gasteiger partial charge in [0.2, 0.25) is 5.91 Å². The molecule has 0 bridgehead atoms. The minimum atomic E-state index is -0.114. The van der Waals surface area contributed by atoms with Crippen LogP contribution in [0, 0.1) is 18.3 Å². The van der Waals surface area contributed by atoms with Gasteiger partial charge >= 0.3 is 0 Å². The molecule has 6 heteroatoms. The largest absolute Gasteiger partial charge is 0.333 e. The fraction of sp³-hybridized carbons (Fsp3) is 0.167. The number of aromatic amines is 1. The molecule has 0 saturated heterocycles. The minimum Gasteiger partial charge on any atom is -0.333 e. The number of rotatable bonds is 5. The summed E-state index contributed by atoms with van der Waals surface area (Å²) in [4.78, 5) is 19.8. The Bertz CT molecular complexity index is 926. The van der Waals surface area contributed by atoms with Crippen molar-refractivity contribution in [3.63, 3.8) is 0 Å². The summed E-state index contributed by atoms with van der Waals surface area (Å²) in [6.45, 7) is 2.04. The van der Waals surface area contributed by atoms with E-state index in [9.17, 15) is 4.79 Å². The average Bonchev–Trinajstić information content (AvgIpc) is 2.97. The number of aryl methyl sites for hydroxylation is 1. The number of nitrogens with zero attached hydrogens (tertiary/aromatic N) is 2. The van der Waals surface area contributed by atoms with Gasteiger partial charge in [-0.3, -0.25) is 4.79 Å². The number of imidazole rings is 1. The third kappa shape index (κ3) is 3.76. The molecule has 2 aromatic carbocycles. The molecule has 2 N–H and O–H groups in total. The van der Waals surface area contributed by atoms with E-state index in [1.807, 2.05) is 19.1 Å². The van der Waals surface area contributed by atoms with Crippen LogP contribution in [0.15, 0.2) is 47.6 Å². The van der Waals surface area contributed by atoms with Crippen molar-refractivity contribution in [1.82, 2.24) is 9.97 Å². The third-order valence-electron chi connectivity index (χ3n) is 3.51. The monoisotopic (exact) mass is 336 g/mol. The Morgan fingerprint density at radius 3 is 3.00 bits per heavy atom. The first-order valence-electron chi connectivity index (χ1n) is 7.54. The highest BCUT2D eigenvalue weighted by Crippen LogP contribution is 2.21. The molecule has 120 valence electrons. The maximum absolute atomic E-state index is 12.0. The van der Waals surface area contributed by atoms with Crippen LogP contribution in [-0.4, -0.2) is 21.6 Å². The molecule has 0 radical (unpaired) electrons. The number of thioether (sulfide) groups is 1. The minimum absolute atomic E-state index is 0.114. The molecule has 0 spiro atoms. The fourth-order valence-electron chi connectivity index (χ4n) is 2.31. The van der Waals surface area contributed by atoms with E-state index < -0.39 is 0 Å². The molecule has 0 aliphatic rings. The molecule has 1 heterocycles. The van der Waals surface area contributed by atoms with Gasteiger partial charge in [-0.05, 0) is 36.8 Å². The van der Waals surface area contributed by atoms with E-state index in [-0.39, 0.29) is 5.91 Å². The number of benzene rings is 2. The van der Waals surface area contributed by atoms with Crippen molar-refractivity contribution in [2.45, 2.75) is 18.5 Å². The second kappa shape index (κ2) is 7.20. The second-order valence-corrected chi connectivity index (χ2v) is 6.45. The number of para-hydroxylation sites is 1. The summed E-state index contributed by atoms with van der Waals surface area (Å²) in [5.74, 6) is 0.497. The highest BCUT2D eigenvalue weighted by Gasteiger charge is 2.08. The van der Waals surface area contributed by atoms with Gasteiger partial charge in [0, 0.05) is 12.2 Å². The summed E-state index contributed by atoms with van der Waals surface area (Å²) in [5, 5.41) is 12.6. The van der Waals surface area contributed by atoms with E-state index in [0.717, 1.165) is 16.2 Å². The quantitative estimate of drug-likeness (QED) is 0.693. The van der Waals surface area contributed by atoms with Crippen molar-refractivity contribution in [3.05, 3.63) is 53.6 Å². The first kappa shape index (κ1) is 16.1. The molecule has 0 atom stereocenters. The molecule has 3 rings (SSSR count). The van der Waals surface area contributed by atoms with Crippen LogP contribution < -0.4 is 5.32 Å². The molecule has 24 heavy (non-hydrogen) atoms. The summed E-state index contributed by atoms with van der Waals surface area (Å²) < 4.78 is 0. The van der Waals surface area contributed by atoms with Gasteiger partial charge in [-0.15, -0.1) is 0 Å². The Morgan fingerprint density at radius 2 is 2.17 bits per heavy atom. The average molecular weight is 336 g/mol. The Morgan fingerprint density at radius 1 is 1.33 bits per heavy atom. The number of amides is 1. The topological polar surface area (TPSA) is 81.6 Å². The Kier molecular flexibility index (Phi) is 4.82. The molecule has 3 aromatic rings. The molecule has 5 nitrogen and oxygen atoms in total. The lowest BCUT2D eigenvalue weighted by Gasteiger charge is -2.06. The summed E-state index contributed by atoms with van der Waals surface area (Å²) in [5.41, 5.74) is 4.12. The first-order valence-corrected chi connectivity index (χ1v) is 8.52. The lowest BCUT2D eigenvalue weighted by atomic mass is 10.2.